The normalized spacial score (nSPS) is 9.56. The second-order valence-corrected chi connectivity index (χ2v) is 2.57. The van der Waals surface area contributed by atoms with Gasteiger partial charge in [-0.3, -0.25) is 0 Å². The Bertz CT molecular complexity index is 194. The first-order valence-corrected chi connectivity index (χ1v) is 3.98. The van der Waals surface area contributed by atoms with E-state index in [0.717, 1.165) is 5.33 Å². The van der Waals surface area contributed by atoms with Crippen molar-refractivity contribution >= 4 is 15.9 Å². The Labute approximate surface area is 64.0 Å². The van der Waals surface area contributed by atoms with Crippen molar-refractivity contribution in [2.45, 2.75) is 12.3 Å². The fraction of sp³-hybridized carbons (Fsp3) is 0.250. The van der Waals surface area contributed by atoms with E-state index < -0.39 is 0 Å². The Morgan fingerprint density at radius 3 is 2.89 bits per heavy atom. The predicted octanol–water partition coefficient (Wildman–Crippen LogP) is 2.69. The molecule has 0 bridgehead atoms. The van der Waals surface area contributed by atoms with Crippen LogP contribution >= 0.6 is 15.9 Å². The molecule has 0 amide bonds. The molecule has 1 aromatic carbocycles. The maximum atomic E-state index is 3.38. The molecule has 1 rings (SSSR count). The molecule has 0 aliphatic heterocycles. The molecule has 0 aliphatic rings. The first-order chi connectivity index (χ1) is 4.33. The molecule has 0 fully saturated rings. The van der Waals surface area contributed by atoms with Gasteiger partial charge in [0, 0.05) is 5.33 Å². The zero-order chi connectivity index (χ0) is 6.69. The van der Waals surface area contributed by atoms with Crippen molar-refractivity contribution in [2.75, 3.05) is 0 Å². The minimum Gasteiger partial charge on any atom is -0.0876 e. The Hall–Kier alpha value is -0.300. The van der Waals surface area contributed by atoms with Gasteiger partial charge in [0.1, 0.15) is 0 Å². The Kier molecular flexibility index (Phi) is 2.29. The van der Waals surface area contributed by atoms with Crippen LogP contribution in [0.2, 0.25) is 0 Å². The monoisotopic (exact) mass is 183 g/mol. The molecule has 9 heavy (non-hydrogen) atoms. The molecular formula is C8H8Br. The van der Waals surface area contributed by atoms with Crippen molar-refractivity contribution in [1.29, 1.82) is 0 Å². The summed E-state index contributed by atoms with van der Waals surface area (Å²) in [6.45, 7) is 2.05. The molecule has 0 aromatic heterocycles. The van der Waals surface area contributed by atoms with Crippen LogP contribution in [-0.2, 0) is 5.33 Å². The fourth-order valence-corrected chi connectivity index (χ4v) is 1.08. The highest BCUT2D eigenvalue weighted by Gasteiger charge is 1.87. The standard InChI is InChI=1S/C8H8Br/c1-7-3-2-4-8(5-7)6-9/h2,4-5H,6H2,1H3. The number of benzene rings is 1. The Balaban J connectivity index is 2.94. The van der Waals surface area contributed by atoms with Gasteiger partial charge in [0.15, 0.2) is 0 Å². The molecule has 0 nitrogen and oxygen atoms in total. The first kappa shape index (κ1) is 6.81. The summed E-state index contributed by atoms with van der Waals surface area (Å²) in [6.07, 6.45) is 0. The fourth-order valence-electron chi connectivity index (χ4n) is 0.731. The zero-order valence-electron chi connectivity index (χ0n) is 5.32. The number of hydrogen-bond acceptors (Lipinski definition) is 0. The van der Waals surface area contributed by atoms with E-state index in [9.17, 15) is 0 Å². The van der Waals surface area contributed by atoms with Crippen LogP contribution in [0.25, 0.3) is 0 Å². The predicted molar refractivity (Wildman–Crippen MR) is 42.6 cm³/mol. The largest absolute Gasteiger partial charge is 0.0876 e. The lowest BCUT2D eigenvalue weighted by atomic mass is 10.2. The summed E-state index contributed by atoms with van der Waals surface area (Å²) in [7, 11) is 0. The lowest BCUT2D eigenvalue weighted by Crippen LogP contribution is -1.77. The number of halogens is 1. The van der Waals surface area contributed by atoms with Gasteiger partial charge in [-0.2, -0.15) is 0 Å². The van der Waals surface area contributed by atoms with E-state index in [-0.39, 0.29) is 0 Å². The molecule has 0 aliphatic carbocycles. The number of aryl methyl sites for hydroxylation is 1. The van der Waals surface area contributed by atoms with Crippen LogP contribution in [0.4, 0.5) is 0 Å². The molecule has 1 heteroatoms. The third kappa shape index (κ3) is 1.83. The molecule has 0 saturated heterocycles. The smallest absolute Gasteiger partial charge is 0.0283 e. The van der Waals surface area contributed by atoms with Crippen molar-refractivity contribution in [3.05, 3.63) is 35.4 Å². The highest BCUT2D eigenvalue weighted by molar-refractivity contribution is 9.08. The summed E-state index contributed by atoms with van der Waals surface area (Å²) < 4.78 is 0. The molecule has 0 spiro atoms. The Morgan fingerprint density at radius 2 is 2.44 bits per heavy atom. The molecule has 0 N–H and O–H groups in total. The number of hydrogen-bond donors (Lipinski definition) is 0. The third-order valence-corrected chi connectivity index (χ3v) is 1.81. The topological polar surface area (TPSA) is 0 Å². The summed E-state index contributed by atoms with van der Waals surface area (Å²) in [6, 6.07) is 9.21. The number of alkyl halides is 1. The van der Waals surface area contributed by atoms with E-state index in [1.807, 2.05) is 13.0 Å². The molecule has 47 valence electrons. The molecular weight excluding hydrogens is 176 g/mol. The van der Waals surface area contributed by atoms with Crippen molar-refractivity contribution in [3.63, 3.8) is 0 Å². The van der Waals surface area contributed by atoms with Gasteiger partial charge >= 0.3 is 0 Å². The van der Waals surface area contributed by atoms with Crippen LogP contribution < -0.4 is 0 Å². The second-order valence-electron chi connectivity index (χ2n) is 2.01. The summed E-state index contributed by atoms with van der Waals surface area (Å²) in [5, 5.41) is 0.933. The van der Waals surface area contributed by atoms with Gasteiger partial charge in [0.05, 0.1) is 0 Å². The van der Waals surface area contributed by atoms with Gasteiger partial charge in [0.2, 0.25) is 0 Å². The van der Waals surface area contributed by atoms with Crippen LogP contribution in [0.5, 0.6) is 0 Å². The SMILES string of the molecule is Cc1[c]ccc(CBr)c1. The average molecular weight is 184 g/mol. The van der Waals surface area contributed by atoms with Crippen LogP contribution in [-0.4, -0.2) is 0 Å². The first-order valence-electron chi connectivity index (χ1n) is 2.86. The molecule has 1 radical (unpaired) electrons. The van der Waals surface area contributed by atoms with E-state index in [0.29, 0.717) is 0 Å². The van der Waals surface area contributed by atoms with Gasteiger partial charge in [-0.05, 0) is 24.1 Å². The van der Waals surface area contributed by atoms with Crippen molar-refractivity contribution in [1.82, 2.24) is 0 Å². The lowest BCUT2D eigenvalue weighted by Gasteiger charge is -1.93. The third-order valence-electron chi connectivity index (χ3n) is 1.16. The average Bonchev–Trinajstić information content (AvgIpc) is 1.88. The highest BCUT2D eigenvalue weighted by Crippen LogP contribution is 2.06. The molecule has 0 unspecified atom stereocenters. The van der Waals surface area contributed by atoms with Gasteiger partial charge < -0.3 is 0 Å². The van der Waals surface area contributed by atoms with E-state index in [4.69, 9.17) is 0 Å². The Morgan fingerprint density at radius 1 is 1.67 bits per heavy atom. The summed E-state index contributed by atoms with van der Waals surface area (Å²) in [4.78, 5) is 0. The number of rotatable bonds is 1. The van der Waals surface area contributed by atoms with Crippen molar-refractivity contribution in [2.24, 2.45) is 0 Å². The second kappa shape index (κ2) is 3.02. The van der Waals surface area contributed by atoms with Gasteiger partial charge in [-0.1, -0.05) is 34.1 Å². The quantitative estimate of drug-likeness (QED) is 0.588. The van der Waals surface area contributed by atoms with Gasteiger partial charge in [-0.25, -0.2) is 0 Å². The minimum absolute atomic E-state index is 0.933. The molecule has 0 atom stereocenters. The molecule has 1 aromatic rings. The van der Waals surface area contributed by atoms with Gasteiger partial charge in [0.25, 0.3) is 0 Å². The van der Waals surface area contributed by atoms with Crippen LogP contribution in [0.15, 0.2) is 18.2 Å². The molecule has 0 heterocycles. The van der Waals surface area contributed by atoms with E-state index >= 15 is 0 Å². The van der Waals surface area contributed by atoms with Crippen LogP contribution in [0.1, 0.15) is 11.1 Å². The van der Waals surface area contributed by atoms with Crippen molar-refractivity contribution in [3.8, 4) is 0 Å². The van der Waals surface area contributed by atoms with Gasteiger partial charge in [-0.15, -0.1) is 0 Å². The van der Waals surface area contributed by atoms with E-state index in [2.05, 4.69) is 34.1 Å². The summed E-state index contributed by atoms with van der Waals surface area (Å²) >= 11 is 3.38. The lowest BCUT2D eigenvalue weighted by molar-refractivity contribution is 1.36. The van der Waals surface area contributed by atoms with E-state index in [1.54, 1.807) is 0 Å². The maximum absolute atomic E-state index is 3.38. The summed E-state index contributed by atoms with van der Waals surface area (Å²) in [5.41, 5.74) is 2.51. The minimum atomic E-state index is 0.933. The highest BCUT2D eigenvalue weighted by atomic mass is 79.9. The molecule has 0 saturated carbocycles. The summed E-state index contributed by atoms with van der Waals surface area (Å²) in [5.74, 6) is 0. The zero-order valence-corrected chi connectivity index (χ0v) is 6.90. The van der Waals surface area contributed by atoms with E-state index in [1.165, 1.54) is 11.1 Å². The van der Waals surface area contributed by atoms with Crippen LogP contribution in [0, 0.1) is 13.0 Å². The maximum Gasteiger partial charge on any atom is 0.0283 e. The van der Waals surface area contributed by atoms with Crippen LogP contribution in [0.3, 0.4) is 0 Å². The van der Waals surface area contributed by atoms with Crippen molar-refractivity contribution < 1.29 is 0 Å².